The Balaban J connectivity index is 1.36. The number of nitrogens with one attached hydrogen (secondary N) is 2. The summed E-state index contributed by atoms with van der Waals surface area (Å²) in [7, 11) is -3.72. The number of carbonyl (C=O) groups excluding carboxylic acids is 1. The summed E-state index contributed by atoms with van der Waals surface area (Å²) in [5, 5.41) is 4.31. The van der Waals surface area contributed by atoms with Gasteiger partial charge < -0.3 is 4.74 Å². The van der Waals surface area contributed by atoms with Crippen LogP contribution in [0, 0.1) is 0 Å². The van der Waals surface area contributed by atoms with Crippen LogP contribution in [0.2, 0.25) is 0 Å². The molecule has 0 atom stereocenters. The maximum absolute atomic E-state index is 13.3. The summed E-state index contributed by atoms with van der Waals surface area (Å²) in [5.41, 5.74) is 5.79. The van der Waals surface area contributed by atoms with Crippen LogP contribution in [-0.4, -0.2) is 20.0 Å². The molecule has 1 aliphatic rings. The Morgan fingerprint density at radius 1 is 0.806 bits per heavy atom. The molecule has 180 valence electrons. The fourth-order valence-electron chi connectivity index (χ4n) is 4.08. The summed E-state index contributed by atoms with van der Waals surface area (Å²) >= 11 is 0. The zero-order chi connectivity index (χ0) is 25.1. The number of hydrogen-bond donors (Lipinski definition) is 2. The second kappa shape index (κ2) is 9.67. The highest BCUT2D eigenvalue weighted by atomic mass is 32.2. The van der Waals surface area contributed by atoms with Crippen LogP contribution in [0.1, 0.15) is 29.5 Å². The molecule has 0 unspecified atom stereocenters. The maximum atomic E-state index is 13.3. The number of benzene rings is 4. The lowest BCUT2D eigenvalue weighted by Crippen LogP contribution is -2.29. The Morgan fingerprint density at radius 2 is 1.42 bits per heavy atom. The van der Waals surface area contributed by atoms with E-state index in [0.717, 1.165) is 11.1 Å². The van der Waals surface area contributed by atoms with Gasteiger partial charge in [0.15, 0.2) is 0 Å². The minimum absolute atomic E-state index is 0.171. The zero-order valence-corrected chi connectivity index (χ0v) is 20.2. The van der Waals surface area contributed by atoms with E-state index in [4.69, 9.17) is 4.74 Å². The molecule has 1 amide bonds. The van der Waals surface area contributed by atoms with Gasteiger partial charge in [0, 0.05) is 16.8 Å². The van der Waals surface area contributed by atoms with Gasteiger partial charge in [0.2, 0.25) is 0 Å². The van der Waals surface area contributed by atoms with Crippen LogP contribution in [0.15, 0.2) is 113 Å². The minimum atomic E-state index is -3.72. The van der Waals surface area contributed by atoms with Gasteiger partial charge in [0.1, 0.15) is 11.5 Å². The monoisotopic (exact) mass is 497 g/mol. The number of ether oxygens (including phenoxy) is 1. The highest BCUT2D eigenvalue weighted by Crippen LogP contribution is 2.43. The molecule has 0 aromatic heterocycles. The molecule has 7 nitrogen and oxygen atoms in total. The number of carbonyl (C=O) groups is 1. The van der Waals surface area contributed by atoms with Gasteiger partial charge in [-0.2, -0.15) is 5.10 Å². The molecular formula is C28H23N3O4S. The third-order valence-corrected chi connectivity index (χ3v) is 7.26. The van der Waals surface area contributed by atoms with E-state index in [1.165, 1.54) is 12.1 Å². The molecule has 1 heterocycles. The predicted molar refractivity (Wildman–Crippen MR) is 139 cm³/mol. The first kappa shape index (κ1) is 23.3. The Labute approximate surface area is 209 Å². The number of amides is 1. The smallest absolute Gasteiger partial charge is 0.261 e. The number of hydrogen-bond acceptors (Lipinski definition) is 5. The summed E-state index contributed by atoms with van der Waals surface area (Å²) in [6, 6.07) is 29.9. The molecule has 5 rings (SSSR count). The first-order chi connectivity index (χ1) is 17.4. The van der Waals surface area contributed by atoms with E-state index < -0.39 is 15.9 Å². The van der Waals surface area contributed by atoms with E-state index in [0.29, 0.717) is 28.5 Å². The molecule has 0 radical (unpaired) electrons. The van der Waals surface area contributed by atoms with E-state index in [1.807, 2.05) is 48.5 Å². The van der Waals surface area contributed by atoms with E-state index in [-0.39, 0.29) is 10.8 Å². The van der Waals surface area contributed by atoms with Crippen LogP contribution >= 0.6 is 0 Å². The van der Waals surface area contributed by atoms with Crippen molar-refractivity contribution in [3.8, 4) is 11.5 Å². The Kier molecular flexibility index (Phi) is 6.26. The normalized spacial score (nSPS) is 13.2. The topological polar surface area (TPSA) is 96.9 Å². The van der Waals surface area contributed by atoms with Gasteiger partial charge in [-0.1, -0.05) is 66.7 Å². The van der Waals surface area contributed by atoms with Crippen molar-refractivity contribution in [2.24, 2.45) is 5.10 Å². The van der Waals surface area contributed by atoms with Gasteiger partial charge in [-0.05, 0) is 48.9 Å². The van der Waals surface area contributed by atoms with Crippen molar-refractivity contribution >= 4 is 27.3 Å². The second-order valence-corrected chi connectivity index (χ2v) is 9.97. The standard InChI is InChI=1S/C28H23N3O4S/c1-19(20-10-9-11-21(18-20)31-36(33,34)22-12-3-2-4-13-22)29-30-28(32)27-23-14-5-7-16-25(23)35-26-17-8-6-15-24(26)27/h2-18,27,31H,1H3,(H,30,32)/b29-19+. The van der Waals surface area contributed by atoms with Gasteiger partial charge in [0.05, 0.1) is 16.5 Å². The SMILES string of the molecule is C/C(=N\NC(=O)C1c2ccccc2Oc2ccccc21)c1cccc(NS(=O)(=O)c2ccccc2)c1. The largest absolute Gasteiger partial charge is 0.457 e. The van der Waals surface area contributed by atoms with Crippen molar-refractivity contribution < 1.29 is 17.9 Å². The van der Waals surface area contributed by atoms with Gasteiger partial charge >= 0.3 is 0 Å². The van der Waals surface area contributed by atoms with Crippen molar-refractivity contribution in [3.63, 3.8) is 0 Å². The number of fused-ring (bicyclic) bond motifs is 2. The molecule has 0 aliphatic carbocycles. The molecule has 0 fully saturated rings. The van der Waals surface area contributed by atoms with E-state index in [1.54, 1.807) is 49.4 Å². The van der Waals surface area contributed by atoms with Crippen molar-refractivity contribution in [2.45, 2.75) is 17.7 Å². The summed E-state index contributed by atoms with van der Waals surface area (Å²) in [4.78, 5) is 13.5. The first-order valence-electron chi connectivity index (χ1n) is 11.3. The summed E-state index contributed by atoms with van der Waals surface area (Å²) in [6.45, 7) is 1.75. The molecule has 0 bridgehead atoms. The second-order valence-electron chi connectivity index (χ2n) is 8.28. The van der Waals surface area contributed by atoms with Gasteiger partial charge in [-0.3, -0.25) is 9.52 Å². The Morgan fingerprint density at radius 3 is 2.08 bits per heavy atom. The molecule has 0 saturated carbocycles. The molecule has 1 aliphatic heterocycles. The number of para-hydroxylation sites is 2. The lowest BCUT2D eigenvalue weighted by atomic mass is 9.87. The summed E-state index contributed by atoms with van der Waals surface area (Å²) in [5.74, 6) is 0.399. The van der Waals surface area contributed by atoms with Crippen LogP contribution in [0.25, 0.3) is 0 Å². The van der Waals surface area contributed by atoms with Crippen molar-refractivity contribution in [3.05, 3.63) is 120 Å². The van der Waals surface area contributed by atoms with Gasteiger partial charge in [-0.25, -0.2) is 13.8 Å². The number of hydrazone groups is 1. The van der Waals surface area contributed by atoms with E-state index in [9.17, 15) is 13.2 Å². The third kappa shape index (κ3) is 4.71. The Hall–Kier alpha value is -4.43. The maximum Gasteiger partial charge on any atom is 0.261 e. The van der Waals surface area contributed by atoms with Crippen LogP contribution in [0.4, 0.5) is 5.69 Å². The lowest BCUT2D eigenvalue weighted by Gasteiger charge is -2.26. The Bertz CT molecular complexity index is 1520. The highest BCUT2D eigenvalue weighted by Gasteiger charge is 2.32. The number of rotatable bonds is 6. The number of anilines is 1. The zero-order valence-electron chi connectivity index (χ0n) is 19.4. The van der Waals surface area contributed by atoms with E-state index >= 15 is 0 Å². The lowest BCUT2D eigenvalue weighted by molar-refractivity contribution is -0.121. The van der Waals surface area contributed by atoms with Crippen LogP contribution in [0.3, 0.4) is 0 Å². The van der Waals surface area contributed by atoms with E-state index in [2.05, 4.69) is 15.2 Å². The highest BCUT2D eigenvalue weighted by molar-refractivity contribution is 7.92. The van der Waals surface area contributed by atoms with Crippen molar-refractivity contribution in [1.82, 2.24) is 5.43 Å². The minimum Gasteiger partial charge on any atom is -0.457 e. The quantitative estimate of drug-likeness (QED) is 0.280. The van der Waals surface area contributed by atoms with Crippen LogP contribution in [0.5, 0.6) is 11.5 Å². The van der Waals surface area contributed by atoms with Gasteiger partial charge in [-0.15, -0.1) is 0 Å². The molecule has 4 aromatic carbocycles. The predicted octanol–water partition coefficient (Wildman–Crippen LogP) is 5.27. The fraction of sp³-hybridized carbons (Fsp3) is 0.0714. The summed E-state index contributed by atoms with van der Waals surface area (Å²) in [6.07, 6.45) is 0. The first-order valence-corrected chi connectivity index (χ1v) is 12.8. The molecule has 4 aromatic rings. The van der Waals surface area contributed by atoms with Crippen molar-refractivity contribution in [2.75, 3.05) is 4.72 Å². The molecule has 8 heteroatoms. The molecule has 2 N–H and O–H groups in total. The fourth-order valence-corrected chi connectivity index (χ4v) is 5.15. The molecule has 36 heavy (non-hydrogen) atoms. The molecule has 0 spiro atoms. The number of sulfonamides is 1. The molecular weight excluding hydrogens is 474 g/mol. The average Bonchev–Trinajstić information content (AvgIpc) is 2.90. The summed E-state index contributed by atoms with van der Waals surface area (Å²) < 4.78 is 33.9. The molecule has 0 saturated heterocycles. The number of nitrogens with zero attached hydrogens (tertiary/aromatic N) is 1. The van der Waals surface area contributed by atoms with Crippen LogP contribution < -0.4 is 14.9 Å². The van der Waals surface area contributed by atoms with Crippen LogP contribution in [-0.2, 0) is 14.8 Å². The van der Waals surface area contributed by atoms with Crippen molar-refractivity contribution in [1.29, 1.82) is 0 Å². The third-order valence-electron chi connectivity index (χ3n) is 5.86. The van der Waals surface area contributed by atoms with Gasteiger partial charge in [0.25, 0.3) is 15.9 Å². The average molecular weight is 498 g/mol.